The van der Waals surface area contributed by atoms with Crippen LogP contribution in [0.15, 0.2) is 28.7 Å². The van der Waals surface area contributed by atoms with Crippen LogP contribution in [0.2, 0.25) is 0 Å². The lowest BCUT2D eigenvalue weighted by molar-refractivity contribution is -0.140. The third kappa shape index (κ3) is 2.69. The number of rotatable bonds is 2. The molecule has 0 saturated carbocycles. The maximum atomic E-state index is 12.6. The molecule has 1 fully saturated rings. The van der Waals surface area contributed by atoms with Crippen LogP contribution >= 0.6 is 15.9 Å². The van der Waals surface area contributed by atoms with Crippen LogP contribution in [-0.2, 0) is 9.59 Å². The van der Waals surface area contributed by atoms with Crippen molar-refractivity contribution in [2.45, 2.75) is 25.3 Å². The maximum Gasteiger partial charge on any atom is 0.332 e. The van der Waals surface area contributed by atoms with Crippen molar-refractivity contribution in [1.82, 2.24) is 10.2 Å². The van der Waals surface area contributed by atoms with Gasteiger partial charge in [-0.2, -0.15) is 0 Å². The number of carbonyl (C=O) groups excluding carboxylic acids is 3. The van der Waals surface area contributed by atoms with Gasteiger partial charge >= 0.3 is 6.03 Å². The summed E-state index contributed by atoms with van der Waals surface area (Å²) in [6.07, 6.45) is 5.39. The maximum absolute atomic E-state index is 12.6. The topological polar surface area (TPSA) is 66.5 Å². The zero-order chi connectivity index (χ0) is 15.8. The van der Waals surface area contributed by atoms with Gasteiger partial charge in [0.1, 0.15) is 11.5 Å². The predicted octanol–water partition coefficient (Wildman–Crippen LogP) is 2.02. The standard InChI is InChI=1S/C15H13BrN2O3/c1-4-15(2,3)18-13(20)11(12(19)17-14(18)21)9-6-5-7-10(16)8-9/h1,5-8,11H,2-3H3,(H,17,19,21). The normalized spacial score (nSPS) is 19.2. The highest BCUT2D eigenvalue weighted by atomic mass is 79.9. The molecule has 0 aliphatic carbocycles. The van der Waals surface area contributed by atoms with E-state index in [2.05, 4.69) is 27.2 Å². The van der Waals surface area contributed by atoms with Gasteiger partial charge < -0.3 is 0 Å². The van der Waals surface area contributed by atoms with Gasteiger partial charge in [0.25, 0.3) is 0 Å². The Bertz CT molecular complexity index is 676. The van der Waals surface area contributed by atoms with Crippen molar-refractivity contribution in [1.29, 1.82) is 0 Å². The summed E-state index contributed by atoms with van der Waals surface area (Å²) in [6.45, 7) is 3.14. The average molecular weight is 349 g/mol. The third-order valence-electron chi connectivity index (χ3n) is 3.26. The van der Waals surface area contributed by atoms with Crippen LogP contribution in [0, 0.1) is 12.3 Å². The summed E-state index contributed by atoms with van der Waals surface area (Å²) < 4.78 is 0.736. The molecule has 5 nitrogen and oxygen atoms in total. The van der Waals surface area contributed by atoms with Crippen LogP contribution in [0.5, 0.6) is 0 Å². The molecule has 6 heteroatoms. The Morgan fingerprint density at radius 2 is 2.00 bits per heavy atom. The van der Waals surface area contributed by atoms with E-state index in [9.17, 15) is 14.4 Å². The van der Waals surface area contributed by atoms with Gasteiger partial charge in [-0.05, 0) is 31.5 Å². The van der Waals surface area contributed by atoms with Gasteiger partial charge in [0.05, 0.1) is 0 Å². The van der Waals surface area contributed by atoms with E-state index in [-0.39, 0.29) is 0 Å². The van der Waals surface area contributed by atoms with Crippen LogP contribution in [0.25, 0.3) is 0 Å². The Hall–Kier alpha value is -2.13. The number of hydrogen-bond donors (Lipinski definition) is 1. The molecule has 21 heavy (non-hydrogen) atoms. The number of halogens is 1. The number of benzene rings is 1. The molecule has 1 aliphatic rings. The number of barbiturate groups is 1. The number of nitrogens with zero attached hydrogens (tertiary/aromatic N) is 1. The summed E-state index contributed by atoms with van der Waals surface area (Å²) >= 11 is 3.29. The highest BCUT2D eigenvalue weighted by molar-refractivity contribution is 9.10. The van der Waals surface area contributed by atoms with Crippen molar-refractivity contribution in [3.8, 4) is 12.3 Å². The molecular weight excluding hydrogens is 336 g/mol. The Balaban J connectivity index is 2.48. The minimum atomic E-state index is -1.12. The smallest absolute Gasteiger partial charge is 0.277 e. The SMILES string of the molecule is C#CC(C)(C)N1C(=O)NC(=O)C(c2cccc(Br)c2)C1=O. The largest absolute Gasteiger partial charge is 0.332 e. The van der Waals surface area contributed by atoms with Crippen molar-refractivity contribution in [3.05, 3.63) is 34.3 Å². The summed E-state index contributed by atoms with van der Waals surface area (Å²) in [7, 11) is 0. The highest BCUT2D eigenvalue weighted by Crippen LogP contribution is 2.28. The van der Waals surface area contributed by atoms with Gasteiger partial charge in [0.2, 0.25) is 11.8 Å². The predicted molar refractivity (Wildman–Crippen MR) is 80.2 cm³/mol. The number of hydrogen-bond acceptors (Lipinski definition) is 3. The molecule has 4 amide bonds. The second kappa shape index (κ2) is 5.34. The number of amides is 4. The molecule has 0 aromatic heterocycles. The van der Waals surface area contributed by atoms with E-state index in [0.717, 1.165) is 9.37 Å². The molecule has 0 radical (unpaired) electrons. The summed E-state index contributed by atoms with van der Waals surface area (Å²) in [4.78, 5) is 37.5. The number of nitrogens with one attached hydrogen (secondary N) is 1. The van der Waals surface area contributed by atoms with E-state index in [1.807, 2.05) is 0 Å². The molecule has 1 N–H and O–H groups in total. The van der Waals surface area contributed by atoms with E-state index < -0.39 is 29.3 Å². The zero-order valence-corrected chi connectivity index (χ0v) is 13.1. The summed E-state index contributed by atoms with van der Waals surface area (Å²) in [6, 6.07) is 6.03. The first-order valence-corrected chi connectivity index (χ1v) is 6.99. The molecule has 1 heterocycles. The zero-order valence-electron chi connectivity index (χ0n) is 11.5. The van der Waals surface area contributed by atoms with Crippen molar-refractivity contribution in [2.24, 2.45) is 0 Å². The van der Waals surface area contributed by atoms with E-state index in [1.165, 1.54) is 0 Å². The Kier molecular flexibility index (Phi) is 3.88. The van der Waals surface area contributed by atoms with Crippen LogP contribution in [0.1, 0.15) is 25.3 Å². The van der Waals surface area contributed by atoms with E-state index in [4.69, 9.17) is 6.42 Å². The Morgan fingerprint density at radius 1 is 1.33 bits per heavy atom. The summed E-state index contributed by atoms with van der Waals surface area (Å²) in [5.41, 5.74) is -0.622. The molecule has 1 aliphatic heterocycles. The number of imide groups is 2. The van der Waals surface area contributed by atoms with Crippen molar-refractivity contribution in [2.75, 3.05) is 0 Å². The average Bonchev–Trinajstić information content (AvgIpc) is 2.37. The molecule has 2 rings (SSSR count). The highest BCUT2D eigenvalue weighted by Gasteiger charge is 2.46. The van der Waals surface area contributed by atoms with Gasteiger partial charge in [0.15, 0.2) is 0 Å². The van der Waals surface area contributed by atoms with Gasteiger partial charge in [-0.15, -0.1) is 6.42 Å². The van der Waals surface area contributed by atoms with E-state index >= 15 is 0 Å². The minimum Gasteiger partial charge on any atom is -0.277 e. The molecule has 1 atom stereocenters. The summed E-state index contributed by atoms with van der Waals surface area (Å²) in [5.74, 6) is 0.0371. The molecule has 108 valence electrons. The minimum absolute atomic E-state index is 0.497. The molecule has 1 aromatic rings. The third-order valence-corrected chi connectivity index (χ3v) is 3.75. The lowest BCUT2D eigenvalue weighted by atomic mass is 9.92. The van der Waals surface area contributed by atoms with Gasteiger partial charge in [-0.1, -0.05) is 34.0 Å². The van der Waals surface area contributed by atoms with Gasteiger partial charge in [-0.3, -0.25) is 14.9 Å². The number of terminal acetylenes is 1. The molecule has 1 saturated heterocycles. The van der Waals surface area contributed by atoms with Crippen LogP contribution in [0.3, 0.4) is 0 Å². The fourth-order valence-corrected chi connectivity index (χ4v) is 2.57. The fraction of sp³-hybridized carbons (Fsp3) is 0.267. The van der Waals surface area contributed by atoms with Gasteiger partial charge in [0, 0.05) is 4.47 Å². The first-order chi connectivity index (χ1) is 9.77. The van der Waals surface area contributed by atoms with Crippen LogP contribution < -0.4 is 5.32 Å². The van der Waals surface area contributed by atoms with Crippen molar-refractivity contribution in [3.63, 3.8) is 0 Å². The Morgan fingerprint density at radius 3 is 2.57 bits per heavy atom. The molecule has 0 spiro atoms. The van der Waals surface area contributed by atoms with E-state index in [0.29, 0.717) is 5.56 Å². The second-order valence-electron chi connectivity index (χ2n) is 5.16. The first-order valence-electron chi connectivity index (χ1n) is 6.20. The molecule has 0 bridgehead atoms. The van der Waals surface area contributed by atoms with Gasteiger partial charge in [-0.25, -0.2) is 9.69 Å². The summed E-state index contributed by atoms with van der Waals surface area (Å²) in [5, 5.41) is 2.18. The number of urea groups is 1. The fourth-order valence-electron chi connectivity index (χ4n) is 2.15. The Labute approximate surface area is 130 Å². The molecule has 1 unspecified atom stereocenters. The van der Waals surface area contributed by atoms with Crippen molar-refractivity contribution >= 4 is 33.8 Å². The molecular formula is C15H13BrN2O3. The first kappa shape index (κ1) is 15.3. The lowest BCUT2D eigenvalue weighted by Gasteiger charge is -2.38. The van der Waals surface area contributed by atoms with E-state index in [1.54, 1.807) is 38.1 Å². The molecule has 1 aromatic carbocycles. The quantitative estimate of drug-likeness (QED) is 0.656. The number of carbonyl (C=O) groups is 3. The monoisotopic (exact) mass is 348 g/mol. The lowest BCUT2D eigenvalue weighted by Crippen LogP contribution is -2.62. The second-order valence-corrected chi connectivity index (χ2v) is 6.08. The van der Waals surface area contributed by atoms with Crippen LogP contribution in [0.4, 0.5) is 4.79 Å². The van der Waals surface area contributed by atoms with Crippen LogP contribution in [-0.4, -0.2) is 28.3 Å². The van der Waals surface area contributed by atoms with Crippen molar-refractivity contribution < 1.29 is 14.4 Å².